The van der Waals surface area contributed by atoms with Crippen LogP contribution in [0.25, 0.3) is 0 Å². The lowest BCUT2D eigenvalue weighted by Gasteiger charge is -2.20. The maximum absolute atomic E-state index is 4.66. The van der Waals surface area contributed by atoms with Crippen molar-refractivity contribution in [2.45, 2.75) is 6.17 Å². The van der Waals surface area contributed by atoms with Gasteiger partial charge in [-0.25, -0.2) is 9.98 Å². The predicted octanol–water partition coefficient (Wildman–Crippen LogP) is 2.37. The maximum Gasteiger partial charge on any atom is 0.186 e. The molecule has 0 fully saturated rings. The molecule has 3 aromatic rings. The topological polar surface area (TPSA) is 75.4 Å². The molecule has 116 valence electrons. The summed E-state index contributed by atoms with van der Waals surface area (Å²) >= 11 is 0. The van der Waals surface area contributed by atoms with Gasteiger partial charge in [-0.3, -0.25) is 15.0 Å². The van der Waals surface area contributed by atoms with Crippen LogP contribution in [0.4, 0.5) is 0 Å². The Morgan fingerprint density at radius 2 is 1.17 bits per heavy atom. The van der Waals surface area contributed by atoms with Crippen LogP contribution in [0.5, 0.6) is 0 Å². The van der Waals surface area contributed by atoms with Crippen molar-refractivity contribution in [3.63, 3.8) is 0 Å². The molecule has 0 radical (unpaired) electrons. The molecule has 0 atom stereocenters. The van der Waals surface area contributed by atoms with Gasteiger partial charge in [0.2, 0.25) is 0 Å². The summed E-state index contributed by atoms with van der Waals surface area (Å²) in [6.07, 6.45) is 4.79. The average Bonchev–Trinajstić information content (AvgIpc) is 2.70. The van der Waals surface area contributed by atoms with Gasteiger partial charge in [0.05, 0.1) is 5.69 Å². The Hall–Kier alpha value is -3.41. The van der Waals surface area contributed by atoms with Gasteiger partial charge >= 0.3 is 0 Å². The number of pyridine rings is 3. The van der Waals surface area contributed by atoms with Gasteiger partial charge in [0.25, 0.3) is 0 Å². The monoisotopic (exact) mass is 314 g/mol. The van der Waals surface area contributed by atoms with Crippen molar-refractivity contribution in [2.75, 3.05) is 0 Å². The summed E-state index contributed by atoms with van der Waals surface area (Å²) < 4.78 is 0. The first-order valence-corrected chi connectivity index (χ1v) is 7.56. The molecule has 0 unspecified atom stereocenters. The van der Waals surface area contributed by atoms with E-state index in [1.165, 1.54) is 0 Å². The summed E-state index contributed by atoms with van der Waals surface area (Å²) in [4.78, 5) is 22.4. The van der Waals surface area contributed by atoms with Crippen molar-refractivity contribution in [3.05, 3.63) is 90.3 Å². The Morgan fingerprint density at radius 1 is 0.625 bits per heavy atom. The highest BCUT2D eigenvalue weighted by molar-refractivity contribution is 6.14. The van der Waals surface area contributed by atoms with E-state index in [0.29, 0.717) is 11.7 Å². The van der Waals surface area contributed by atoms with E-state index in [0.717, 1.165) is 17.1 Å². The van der Waals surface area contributed by atoms with Crippen molar-refractivity contribution in [3.8, 4) is 0 Å². The molecule has 0 aliphatic carbocycles. The molecule has 1 aliphatic rings. The van der Waals surface area contributed by atoms with E-state index in [9.17, 15) is 0 Å². The van der Waals surface area contributed by atoms with Crippen LogP contribution in [0.3, 0.4) is 0 Å². The third kappa shape index (κ3) is 2.89. The number of rotatable bonds is 3. The van der Waals surface area contributed by atoms with Crippen LogP contribution >= 0.6 is 0 Å². The highest BCUT2D eigenvalue weighted by atomic mass is 15.2. The summed E-state index contributed by atoms with van der Waals surface area (Å²) in [5.74, 6) is 1.31. The Kier molecular flexibility index (Phi) is 3.77. The first-order chi connectivity index (χ1) is 11.9. The molecular weight excluding hydrogens is 300 g/mol. The molecule has 0 spiro atoms. The van der Waals surface area contributed by atoms with Crippen molar-refractivity contribution in [2.24, 2.45) is 9.98 Å². The van der Waals surface area contributed by atoms with Crippen molar-refractivity contribution < 1.29 is 0 Å². The Labute approximate surface area is 139 Å². The second-order valence-electron chi connectivity index (χ2n) is 5.14. The minimum absolute atomic E-state index is 0.429. The summed E-state index contributed by atoms with van der Waals surface area (Å²) in [5, 5.41) is 3.23. The molecule has 4 heterocycles. The number of aromatic nitrogens is 3. The largest absolute Gasteiger partial charge is 0.322 e. The zero-order valence-corrected chi connectivity index (χ0v) is 12.7. The second kappa shape index (κ2) is 6.37. The van der Waals surface area contributed by atoms with Gasteiger partial charge in [0, 0.05) is 18.6 Å². The Balaban J connectivity index is 1.78. The highest BCUT2D eigenvalue weighted by Crippen LogP contribution is 2.21. The molecule has 0 saturated heterocycles. The van der Waals surface area contributed by atoms with Gasteiger partial charge in [-0.15, -0.1) is 0 Å². The molecule has 0 saturated carbocycles. The van der Waals surface area contributed by atoms with Crippen LogP contribution in [0.2, 0.25) is 0 Å². The smallest absolute Gasteiger partial charge is 0.186 e. The number of hydrogen-bond acceptors (Lipinski definition) is 6. The molecule has 3 aromatic heterocycles. The number of nitrogens with zero attached hydrogens (tertiary/aromatic N) is 5. The molecule has 1 N–H and O–H groups in total. The van der Waals surface area contributed by atoms with Crippen LogP contribution in [0.15, 0.2) is 83.2 Å². The predicted molar refractivity (Wildman–Crippen MR) is 91.7 cm³/mol. The van der Waals surface area contributed by atoms with E-state index in [-0.39, 0.29) is 0 Å². The molecular formula is C18H14N6. The van der Waals surface area contributed by atoms with Gasteiger partial charge < -0.3 is 5.32 Å². The number of amidine groups is 2. The first-order valence-electron chi connectivity index (χ1n) is 7.56. The van der Waals surface area contributed by atoms with E-state index in [4.69, 9.17) is 0 Å². The summed E-state index contributed by atoms with van der Waals surface area (Å²) in [7, 11) is 0. The van der Waals surface area contributed by atoms with E-state index in [2.05, 4.69) is 30.3 Å². The normalized spacial score (nSPS) is 14.5. The maximum atomic E-state index is 4.66. The molecule has 24 heavy (non-hydrogen) atoms. The van der Waals surface area contributed by atoms with Crippen molar-refractivity contribution >= 4 is 11.7 Å². The van der Waals surface area contributed by atoms with E-state index in [1.807, 2.05) is 54.6 Å². The number of aliphatic imine (C=N–C) groups is 2. The second-order valence-corrected chi connectivity index (χ2v) is 5.14. The van der Waals surface area contributed by atoms with E-state index >= 15 is 0 Å². The van der Waals surface area contributed by atoms with E-state index < -0.39 is 6.17 Å². The fourth-order valence-corrected chi connectivity index (χ4v) is 2.38. The third-order valence-corrected chi connectivity index (χ3v) is 3.51. The van der Waals surface area contributed by atoms with Gasteiger partial charge in [-0.1, -0.05) is 18.2 Å². The van der Waals surface area contributed by atoms with Crippen LogP contribution < -0.4 is 5.32 Å². The van der Waals surface area contributed by atoms with Crippen molar-refractivity contribution in [1.29, 1.82) is 0 Å². The van der Waals surface area contributed by atoms with E-state index in [1.54, 1.807) is 18.6 Å². The Morgan fingerprint density at radius 3 is 1.62 bits per heavy atom. The summed E-state index contributed by atoms with van der Waals surface area (Å²) in [6.45, 7) is 0. The first kappa shape index (κ1) is 14.2. The third-order valence-electron chi connectivity index (χ3n) is 3.51. The minimum Gasteiger partial charge on any atom is -0.322 e. The average molecular weight is 314 g/mol. The van der Waals surface area contributed by atoms with Crippen LogP contribution in [0.1, 0.15) is 23.2 Å². The lowest BCUT2D eigenvalue weighted by atomic mass is 10.2. The zero-order chi connectivity index (χ0) is 16.2. The lowest BCUT2D eigenvalue weighted by molar-refractivity contribution is 0.725. The molecule has 4 rings (SSSR count). The summed E-state index contributed by atoms with van der Waals surface area (Å²) in [6, 6.07) is 17.1. The molecule has 6 heteroatoms. The van der Waals surface area contributed by atoms with Gasteiger partial charge in [0.1, 0.15) is 11.4 Å². The summed E-state index contributed by atoms with van der Waals surface area (Å²) in [5.41, 5.74) is 2.28. The SMILES string of the molecule is c1ccc(C2=NC(c3ccccn3)N=C(c3ccccn3)N2)nc1. The quantitative estimate of drug-likeness (QED) is 0.805. The molecule has 0 bridgehead atoms. The lowest BCUT2D eigenvalue weighted by Crippen LogP contribution is -2.37. The number of hydrogen-bond donors (Lipinski definition) is 1. The van der Waals surface area contributed by atoms with Gasteiger partial charge in [-0.05, 0) is 36.4 Å². The zero-order valence-electron chi connectivity index (χ0n) is 12.7. The van der Waals surface area contributed by atoms with Gasteiger partial charge in [0.15, 0.2) is 17.8 Å². The molecule has 6 nitrogen and oxygen atoms in total. The van der Waals surface area contributed by atoms with Crippen LogP contribution in [0, 0.1) is 0 Å². The Bertz CT molecular complexity index is 820. The van der Waals surface area contributed by atoms with Crippen LogP contribution in [-0.4, -0.2) is 26.6 Å². The minimum atomic E-state index is -0.429. The standard InChI is InChI=1S/C18H14N6/c1-4-10-19-13(7-1)16-22-17(14-8-2-5-11-20-14)24-18(23-16)15-9-3-6-12-21-15/h1-12,16H,(H,22,23,24). The molecule has 0 aromatic carbocycles. The highest BCUT2D eigenvalue weighted by Gasteiger charge is 2.22. The van der Waals surface area contributed by atoms with Crippen molar-refractivity contribution in [1.82, 2.24) is 20.3 Å². The molecule has 1 aliphatic heterocycles. The van der Waals surface area contributed by atoms with Gasteiger partial charge in [-0.2, -0.15) is 0 Å². The molecule has 0 amide bonds. The fraction of sp³-hybridized carbons (Fsp3) is 0.0556. The number of nitrogens with one attached hydrogen (secondary N) is 1. The fourth-order valence-electron chi connectivity index (χ4n) is 2.38. The van der Waals surface area contributed by atoms with Crippen LogP contribution in [-0.2, 0) is 0 Å².